The third-order valence-corrected chi connectivity index (χ3v) is 8.41. The van der Waals surface area contributed by atoms with Gasteiger partial charge in [-0.2, -0.15) is 0 Å². The third kappa shape index (κ3) is 4.20. The summed E-state index contributed by atoms with van der Waals surface area (Å²) in [6.45, 7) is 5.94. The van der Waals surface area contributed by atoms with Crippen molar-refractivity contribution in [1.82, 2.24) is 30.1 Å². The fourth-order valence-electron chi connectivity index (χ4n) is 5.40. The second kappa shape index (κ2) is 9.43. The molecular formula is C26H31N7S. The minimum atomic E-state index is 0.0649. The van der Waals surface area contributed by atoms with E-state index in [2.05, 4.69) is 85.5 Å². The number of nitrogens with zero attached hydrogens (tertiary/aromatic N) is 7. The molecule has 1 atom stereocenters. The zero-order valence-electron chi connectivity index (χ0n) is 19.7. The van der Waals surface area contributed by atoms with Crippen LogP contribution in [-0.2, 0) is 0 Å². The van der Waals surface area contributed by atoms with Crippen LogP contribution in [0.4, 0.5) is 5.13 Å². The summed E-state index contributed by atoms with van der Waals surface area (Å²) in [5.41, 5.74) is 3.63. The normalized spacial score (nSPS) is 19.0. The smallest absolute Gasteiger partial charge is 0.186 e. The molecule has 7 nitrogen and oxygen atoms in total. The maximum absolute atomic E-state index is 4.89. The van der Waals surface area contributed by atoms with Crippen molar-refractivity contribution in [2.24, 2.45) is 0 Å². The van der Waals surface area contributed by atoms with Gasteiger partial charge in [0.2, 0.25) is 0 Å². The van der Waals surface area contributed by atoms with E-state index in [-0.39, 0.29) is 6.04 Å². The van der Waals surface area contributed by atoms with Crippen LogP contribution in [0.5, 0.6) is 0 Å². The van der Waals surface area contributed by atoms with Crippen LogP contribution in [0, 0.1) is 6.92 Å². The Morgan fingerprint density at radius 2 is 1.68 bits per heavy atom. The van der Waals surface area contributed by atoms with Crippen molar-refractivity contribution in [3.63, 3.8) is 0 Å². The number of aromatic nitrogens is 5. The maximum atomic E-state index is 4.89. The largest absolute Gasteiger partial charge is 0.345 e. The molecule has 0 spiro atoms. The van der Waals surface area contributed by atoms with Gasteiger partial charge < -0.3 is 4.90 Å². The monoisotopic (exact) mass is 473 g/mol. The summed E-state index contributed by atoms with van der Waals surface area (Å²) in [5, 5.41) is 14.4. The van der Waals surface area contributed by atoms with Crippen molar-refractivity contribution in [2.75, 3.05) is 31.1 Å². The topological polar surface area (TPSA) is 63.0 Å². The number of thiazole rings is 1. The fourth-order valence-corrected chi connectivity index (χ4v) is 6.42. The van der Waals surface area contributed by atoms with Crippen molar-refractivity contribution in [3.8, 4) is 0 Å². The molecule has 34 heavy (non-hydrogen) atoms. The average Bonchev–Trinajstić information content (AvgIpc) is 3.54. The molecule has 2 aliphatic rings. The predicted molar refractivity (Wildman–Crippen MR) is 136 cm³/mol. The molecule has 0 bridgehead atoms. The van der Waals surface area contributed by atoms with E-state index in [4.69, 9.17) is 4.98 Å². The molecule has 0 radical (unpaired) electrons. The summed E-state index contributed by atoms with van der Waals surface area (Å²) in [7, 11) is 0. The molecule has 6 rings (SSSR count). The molecule has 1 aliphatic heterocycles. The summed E-state index contributed by atoms with van der Waals surface area (Å²) in [5.74, 6) is 0.990. The van der Waals surface area contributed by atoms with Gasteiger partial charge in [0, 0.05) is 26.2 Å². The average molecular weight is 474 g/mol. The summed E-state index contributed by atoms with van der Waals surface area (Å²) >= 11 is 1.79. The zero-order chi connectivity index (χ0) is 22.9. The number of anilines is 1. The highest BCUT2D eigenvalue weighted by Crippen LogP contribution is 2.35. The molecule has 8 heteroatoms. The number of para-hydroxylation sites is 1. The number of tetrazole rings is 1. The van der Waals surface area contributed by atoms with Gasteiger partial charge in [-0.05, 0) is 47.9 Å². The van der Waals surface area contributed by atoms with Crippen molar-refractivity contribution in [2.45, 2.75) is 51.1 Å². The van der Waals surface area contributed by atoms with E-state index < -0.39 is 0 Å². The van der Waals surface area contributed by atoms with Gasteiger partial charge >= 0.3 is 0 Å². The standard InChI is InChI=1S/C26H31N7S/c1-19-11-13-20(14-12-19)24(25-28-29-30-33(25)21-7-3-2-4-8-21)31-15-17-32(18-16-31)26-27-22-9-5-6-10-23(22)34-26/h5-6,9-14,21,24H,2-4,7-8,15-18H2,1H3/t24-/m1/s1. The third-order valence-electron chi connectivity index (χ3n) is 7.31. The molecule has 2 aromatic heterocycles. The molecule has 1 aliphatic carbocycles. The minimum absolute atomic E-state index is 0.0649. The number of rotatable bonds is 5. The lowest BCUT2D eigenvalue weighted by Gasteiger charge is -2.39. The van der Waals surface area contributed by atoms with E-state index in [0.29, 0.717) is 6.04 Å². The highest BCUT2D eigenvalue weighted by molar-refractivity contribution is 7.22. The van der Waals surface area contributed by atoms with Gasteiger partial charge in [-0.1, -0.05) is 72.6 Å². The van der Waals surface area contributed by atoms with Gasteiger partial charge in [0.1, 0.15) is 0 Å². The second-order valence-electron chi connectivity index (χ2n) is 9.57. The lowest BCUT2D eigenvalue weighted by molar-refractivity contribution is 0.193. The summed E-state index contributed by atoms with van der Waals surface area (Å²) < 4.78 is 3.40. The van der Waals surface area contributed by atoms with Crippen LogP contribution in [0.3, 0.4) is 0 Å². The molecule has 0 N–H and O–H groups in total. The van der Waals surface area contributed by atoms with E-state index in [1.165, 1.54) is 47.9 Å². The number of hydrogen-bond acceptors (Lipinski definition) is 7. The number of benzene rings is 2. The van der Waals surface area contributed by atoms with Crippen LogP contribution >= 0.6 is 11.3 Å². The van der Waals surface area contributed by atoms with Gasteiger partial charge in [0.05, 0.1) is 22.3 Å². The van der Waals surface area contributed by atoms with Crippen LogP contribution in [0.2, 0.25) is 0 Å². The summed E-state index contributed by atoms with van der Waals surface area (Å²) in [6, 6.07) is 17.8. The Morgan fingerprint density at radius 3 is 2.44 bits per heavy atom. The van der Waals surface area contributed by atoms with Gasteiger partial charge in [0.15, 0.2) is 11.0 Å². The van der Waals surface area contributed by atoms with Crippen LogP contribution in [0.25, 0.3) is 10.2 Å². The van der Waals surface area contributed by atoms with E-state index in [9.17, 15) is 0 Å². The Bertz CT molecular complexity index is 1200. The first-order valence-electron chi connectivity index (χ1n) is 12.5. The maximum Gasteiger partial charge on any atom is 0.186 e. The molecule has 176 valence electrons. The van der Waals surface area contributed by atoms with Crippen molar-refractivity contribution in [1.29, 1.82) is 0 Å². The molecule has 4 aromatic rings. The van der Waals surface area contributed by atoms with Crippen LogP contribution in [-0.4, -0.2) is 56.3 Å². The molecule has 3 heterocycles. The van der Waals surface area contributed by atoms with Crippen LogP contribution in [0.1, 0.15) is 61.1 Å². The van der Waals surface area contributed by atoms with Gasteiger partial charge in [0.25, 0.3) is 0 Å². The first-order chi connectivity index (χ1) is 16.8. The number of fused-ring (bicyclic) bond motifs is 1. The fraction of sp³-hybridized carbons (Fsp3) is 0.462. The first-order valence-corrected chi connectivity index (χ1v) is 13.3. The Morgan fingerprint density at radius 1 is 0.912 bits per heavy atom. The van der Waals surface area contributed by atoms with Crippen molar-refractivity contribution < 1.29 is 0 Å². The van der Waals surface area contributed by atoms with E-state index in [1.807, 2.05) is 0 Å². The molecule has 2 fully saturated rings. The first kappa shape index (κ1) is 21.7. The lowest BCUT2D eigenvalue weighted by atomic mass is 9.95. The molecule has 1 saturated carbocycles. The van der Waals surface area contributed by atoms with E-state index in [0.717, 1.165) is 42.7 Å². The highest BCUT2D eigenvalue weighted by atomic mass is 32.1. The predicted octanol–water partition coefficient (Wildman–Crippen LogP) is 5.01. The zero-order valence-corrected chi connectivity index (χ0v) is 20.5. The lowest BCUT2D eigenvalue weighted by Crippen LogP contribution is -2.48. The SMILES string of the molecule is Cc1ccc([C@H](c2nnnn2C2CCCCC2)N2CCN(c3nc4ccccc4s3)CC2)cc1. The Labute approximate surface area is 204 Å². The molecule has 1 saturated heterocycles. The molecule has 0 unspecified atom stereocenters. The molecule has 0 amide bonds. The van der Waals surface area contributed by atoms with Gasteiger partial charge in [-0.3, -0.25) is 4.90 Å². The minimum Gasteiger partial charge on any atom is -0.345 e. The van der Waals surface area contributed by atoms with Crippen molar-refractivity contribution >= 4 is 26.7 Å². The highest BCUT2D eigenvalue weighted by Gasteiger charge is 2.33. The van der Waals surface area contributed by atoms with Gasteiger partial charge in [-0.15, -0.1) is 5.10 Å². The quantitative estimate of drug-likeness (QED) is 0.406. The number of hydrogen-bond donors (Lipinski definition) is 0. The van der Waals surface area contributed by atoms with Crippen LogP contribution < -0.4 is 4.90 Å². The van der Waals surface area contributed by atoms with Gasteiger partial charge in [-0.25, -0.2) is 9.67 Å². The van der Waals surface area contributed by atoms with E-state index >= 15 is 0 Å². The Balaban J connectivity index is 1.27. The Hall–Kier alpha value is -2.84. The molecule has 2 aromatic carbocycles. The van der Waals surface area contributed by atoms with Crippen LogP contribution in [0.15, 0.2) is 48.5 Å². The molecular weight excluding hydrogens is 442 g/mol. The second-order valence-corrected chi connectivity index (χ2v) is 10.6. The van der Waals surface area contributed by atoms with Crippen molar-refractivity contribution in [3.05, 3.63) is 65.5 Å². The van der Waals surface area contributed by atoms with E-state index in [1.54, 1.807) is 11.3 Å². The summed E-state index contributed by atoms with van der Waals surface area (Å²) in [6.07, 6.45) is 6.19. The number of aryl methyl sites for hydroxylation is 1. The Kier molecular flexibility index (Phi) is 6.01. The number of piperazine rings is 1. The summed E-state index contributed by atoms with van der Waals surface area (Å²) in [4.78, 5) is 9.87.